The van der Waals surface area contributed by atoms with Crippen LogP contribution in [0.15, 0.2) is 24.3 Å². The minimum atomic E-state index is -3.53. The van der Waals surface area contributed by atoms with Crippen molar-refractivity contribution in [1.82, 2.24) is 9.03 Å². The van der Waals surface area contributed by atoms with E-state index in [0.717, 1.165) is 18.4 Å². The van der Waals surface area contributed by atoms with Gasteiger partial charge in [-0.25, -0.2) is 0 Å². The van der Waals surface area contributed by atoms with Crippen LogP contribution in [0.4, 0.5) is 0 Å². The maximum Gasteiger partial charge on any atom is 0.279 e. The topological polar surface area (TPSA) is 73.2 Å². The normalized spacial score (nSPS) is 18.3. The van der Waals surface area contributed by atoms with Crippen molar-refractivity contribution in [3.05, 3.63) is 35.4 Å². The van der Waals surface area contributed by atoms with Crippen molar-refractivity contribution in [1.29, 1.82) is 5.26 Å². The highest BCUT2D eigenvalue weighted by Crippen LogP contribution is 2.31. The lowest BCUT2D eigenvalue weighted by atomic mass is 10.1. The lowest BCUT2D eigenvalue weighted by molar-refractivity contribution is 0.452. The van der Waals surface area contributed by atoms with Gasteiger partial charge in [0.25, 0.3) is 10.2 Å². The van der Waals surface area contributed by atoms with Gasteiger partial charge < -0.3 is 0 Å². The van der Waals surface area contributed by atoms with Crippen molar-refractivity contribution in [2.75, 3.05) is 13.6 Å². The number of nitrogens with one attached hydrogen (secondary N) is 1. The van der Waals surface area contributed by atoms with Crippen LogP contribution in [0.25, 0.3) is 0 Å². The van der Waals surface area contributed by atoms with Crippen molar-refractivity contribution >= 4 is 10.2 Å². The highest BCUT2D eigenvalue weighted by atomic mass is 32.2. The number of rotatable bonds is 5. The summed E-state index contributed by atoms with van der Waals surface area (Å²) in [6.07, 6.45) is 1.87. The zero-order valence-corrected chi connectivity index (χ0v) is 11.7. The molecule has 0 unspecified atom stereocenters. The largest absolute Gasteiger partial charge is 0.279 e. The third-order valence-electron chi connectivity index (χ3n) is 3.37. The van der Waals surface area contributed by atoms with Crippen LogP contribution in [0.2, 0.25) is 0 Å². The first-order valence-electron chi connectivity index (χ1n) is 6.23. The van der Waals surface area contributed by atoms with Gasteiger partial charge in [0.1, 0.15) is 0 Å². The Morgan fingerprint density at radius 1 is 1.47 bits per heavy atom. The van der Waals surface area contributed by atoms with Crippen molar-refractivity contribution in [3.63, 3.8) is 0 Å². The van der Waals surface area contributed by atoms with E-state index in [-0.39, 0.29) is 19.0 Å². The van der Waals surface area contributed by atoms with Gasteiger partial charge in [0.2, 0.25) is 0 Å². The van der Waals surface area contributed by atoms with Crippen LogP contribution in [0, 0.1) is 11.3 Å². The van der Waals surface area contributed by atoms with Crippen LogP contribution in [-0.2, 0) is 16.6 Å². The molecule has 0 spiro atoms. The summed E-state index contributed by atoms with van der Waals surface area (Å²) in [6, 6.07) is 9.67. The first-order chi connectivity index (χ1) is 9.04. The molecule has 0 bridgehead atoms. The fraction of sp³-hybridized carbons (Fsp3) is 0.462. The van der Waals surface area contributed by atoms with Gasteiger partial charge in [0, 0.05) is 26.1 Å². The third-order valence-corrected chi connectivity index (χ3v) is 4.96. The smallest absolute Gasteiger partial charge is 0.198 e. The Balaban J connectivity index is 2.08. The molecule has 1 aliphatic rings. The van der Waals surface area contributed by atoms with Gasteiger partial charge in [-0.15, -0.1) is 0 Å². The highest BCUT2D eigenvalue weighted by molar-refractivity contribution is 7.87. The summed E-state index contributed by atoms with van der Waals surface area (Å²) < 4.78 is 28.1. The minimum absolute atomic E-state index is 0.161. The molecule has 1 atom stereocenters. The van der Waals surface area contributed by atoms with E-state index in [1.54, 1.807) is 0 Å². The second-order valence-corrected chi connectivity index (χ2v) is 6.45. The Hall–Kier alpha value is -1.42. The van der Waals surface area contributed by atoms with E-state index in [1.165, 1.54) is 16.9 Å². The van der Waals surface area contributed by atoms with Gasteiger partial charge in [-0.1, -0.05) is 24.3 Å². The average Bonchev–Trinajstić information content (AvgIpc) is 2.79. The number of aryl methyl sites for hydroxylation is 1. The Kier molecular flexibility index (Phi) is 4.20. The molecule has 0 radical (unpaired) electrons. The van der Waals surface area contributed by atoms with E-state index < -0.39 is 10.2 Å². The van der Waals surface area contributed by atoms with Crippen LogP contribution in [0.5, 0.6) is 0 Å². The lowest BCUT2D eigenvalue weighted by Gasteiger charge is -2.20. The molecule has 19 heavy (non-hydrogen) atoms. The van der Waals surface area contributed by atoms with Crippen molar-refractivity contribution in [2.24, 2.45) is 0 Å². The van der Waals surface area contributed by atoms with Crippen LogP contribution in [0.1, 0.15) is 30.0 Å². The number of hydrogen-bond acceptors (Lipinski definition) is 3. The van der Waals surface area contributed by atoms with Crippen molar-refractivity contribution < 1.29 is 8.42 Å². The fourth-order valence-electron chi connectivity index (χ4n) is 2.28. The fourth-order valence-corrected chi connectivity index (χ4v) is 3.39. The lowest BCUT2D eigenvalue weighted by Crippen LogP contribution is -2.40. The van der Waals surface area contributed by atoms with Crippen molar-refractivity contribution in [2.45, 2.75) is 25.3 Å². The summed E-state index contributed by atoms with van der Waals surface area (Å²) in [5, 5.41) is 8.50. The van der Waals surface area contributed by atoms with Crippen molar-refractivity contribution in [3.8, 4) is 6.07 Å². The summed E-state index contributed by atoms with van der Waals surface area (Å²) in [5.41, 5.74) is 2.26. The molecule has 1 aromatic rings. The Labute approximate surface area is 114 Å². The SMILES string of the molecule is CN(CCC#N)S(=O)(=O)N[C@@H]1CCc2ccccc21. The van der Waals surface area contributed by atoms with E-state index in [4.69, 9.17) is 5.26 Å². The molecule has 0 aliphatic heterocycles. The summed E-state index contributed by atoms with van der Waals surface area (Å²) in [6.45, 7) is 0.209. The summed E-state index contributed by atoms with van der Waals surface area (Å²) in [5.74, 6) is 0. The Bertz CT molecular complexity index is 592. The number of hydrogen-bond donors (Lipinski definition) is 1. The van der Waals surface area contributed by atoms with Gasteiger partial charge in [0.05, 0.1) is 6.07 Å². The highest BCUT2D eigenvalue weighted by Gasteiger charge is 2.28. The van der Waals surface area contributed by atoms with Gasteiger partial charge in [-0.2, -0.15) is 22.7 Å². The maximum atomic E-state index is 12.1. The number of nitriles is 1. The minimum Gasteiger partial charge on any atom is -0.198 e. The van der Waals surface area contributed by atoms with Gasteiger partial charge in [0.15, 0.2) is 0 Å². The van der Waals surface area contributed by atoms with E-state index in [2.05, 4.69) is 4.72 Å². The summed E-state index contributed by atoms with van der Waals surface area (Å²) >= 11 is 0. The van der Waals surface area contributed by atoms with E-state index >= 15 is 0 Å². The molecule has 0 amide bonds. The summed E-state index contributed by atoms with van der Waals surface area (Å²) in [7, 11) is -2.04. The van der Waals surface area contributed by atoms with Gasteiger partial charge >= 0.3 is 0 Å². The molecule has 6 heteroatoms. The Morgan fingerprint density at radius 3 is 2.95 bits per heavy atom. The second-order valence-electron chi connectivity index (χ2n) is 4.64. The predicted molar refractivity (Wildman–Crippen MR) is 72.4 cm³/mol. The first kappa shape index (κ1) is 14.0. The number of benzene rings is 1. The molecule has 102 valence electrons. The molecule has 0 heterocycles. The summed E-state index contributed by atoms with van der Waals surface area (Å²) in [4.78, 5) is 0. The molecule has 1 N–H and O–H groups in total. The molecule has 0 saturated heterocycles. The average molecular weight is 279 g/mol. The molecule has 5 nitrogen and oxygen atoms in total. The number of nitrogens with zero attached hydrogens (tertiary/aromatic N) is 2. The second kappa shape index (κ2) is 5.70. The standard InChI is InChI=1S/C13H17N3O2S/c1-16(10-4-9-14)19(17,18)15-13-8-7-11-5-2-3-6-12(11)13/h2-3,5-6,13,15H,4,7-8,10H2,1H3/t13-/m1/s1. The molecule has 0 saturated carbocycles. The molecule has 2 rings (SSSR count). The molecular weight excluding hydrogens is 262 g/mol. The zero-order chi connectivity index (χ0) is 13.9. The first-order valence-corrected chi connectivity index (χ1v) is 7.67. The monoisotopic (exact) mass is 279 g/mol. The number of fused-ring (bicyclic) bond motifs is 1. The van der Waals surface area contributed by atoms with Crippen LogP contribution < -0.4 is 4.72 Å². The van der Waals surface area contributed by atoms with Crippen LogP contribution in [0.3, 0.4) is 0 Å². The molecular formula is C13H17N3O2S. The van der Waals surface area contributed by atoms with E-state index in [1.807, 2.05) is 30.3 Å². The van der Waals surface area contributed by atoms with Crippen LogP contribution in [-0.4, -0.2) is 26.3 Å². The molecule has 0 aromatic heterocycles. The zero-order valence-electron chi connectivity index (χ0n) is 10.8. The maximum absolute atomic E-state index is 12.1. The predicted octanol–water partition coefficient (Wildman–Crippen LogP) is 1.35. The molecule has 0 fully saturated rings. The Morgan fingerprint density at radius 2 is 2.21 bits per heavy atom. The quantitative estimate of drug-likeness (QED) is 0.884. The van der Waals surface area contributed by atoms with Crippen LogP contribution >= 0.6 is 0 Å². The third kappa shape index (κ3) is 3.13. The van der Waals surface area contributed by atoms with Gasteiger partial charge in [-0.05, 0) is 24.0 Å². The van der Waals surface area contributed by atoms with Gasteiger partial charge in [-0.3, -0.25) is 0 Å². The molecule has 1 aliphatic carbocycles. The van der Waals surface area contributed by atoms with E-state index in [9.17, 15) is 8.42 Å². The van der Waals surface area contributed by atoms with E-state index in [0.29, 0.717) is 0 Å². The molecule has 1 aromatic carbocycles.